The molecule has 2 N–H and O–H groups in total. The van der Waals surface area contributed by atoms with E-state index >= 15 is 0 Å². The van der Waals surface area contributed by atoms with Gasteiger partial charge in [0.15, 0.2) is 5.72 Å². The van der Waals surface area contributed by atoms with Gasteiger partial charge < -0.3 is 10.2 Å². The Labute approximate surface area is 131 Å². The Bertz CT molecular complexity index is 665. The molecule has 0 aliphatic carbocycles. The lowest BCUT2D eigenvalue weighted by Gasteiger charge is -2.41. The van der Waals surface area contributed by atoms with Crippen LogP contribution < -0.4 is 0 Å². The molecule has 0 spiro atoms. The quantitative estimate of drug-likeness (QED) is 0.831. The number of aliphatic hydroxyl groups is 1. The zero-order valence-electron chi connectivity index (χ0n) is 12.8. The maximum absolute atomic E-state index is 13.0. The summed E-state index contributed by atoms with van der Waals surface area (Å²) in [5.41, 5.74) is -4.72. The number of amides is 1. The summed E-state index contributed by atoms with van der Waals surface area (Å²) in [6, 6.07) is 5.40. The third-order valence-electron chi connectivity index (χ3n) is 3.84. The molecule has 0 radical (unpaired) electrons. The molecule has 1 amide bonds. The van der Waals surface area contributed by atoms with Gasteiger partial charge in [-0.3, -0.25) is 4.79 Å². The Morgan fingerprint density at radius 2 is 1.83 bits per heavy atom. The van der Waals surface area contributed by atoms with Crippen molar-refractivity contribution in [3.05, 3.63) is 29.8 Å². The largest absolute Gasteiger partial charge is 0.507 e. The number of phenolic OH excluding ortho intramolecular Hbond substituents is 1. The van der Waals surface area contributed by atoms with E-state index in [9.17, 15) is 28.2 Å². The number of benzene rings is 1. The molecule has 1 aromatic carbocycles. The Kier molecular flexibility index (Phi) is 3.92. The van der Waals surface area contributed by atoms with E-state index in [0.29, 0.717) is 5.01 Å². The van der Waals surface area contributed by atoms with Gasteiger partial charge in [-0.05, 0) is 12.1 Å². The van der Waals surface area contributed by atoms with Gasteiger partial charge in [-0.25, -0.2) is 0 Å². The fourth-order valence-corrected chi connectivity index (χ4v) is 2.27. The summed E-state index contributed by atoms with van der Waals surface area (Å²) in [6.45, 7) is 4.52. The number of carbonyl (C=O) groups excluding carboxylic acids is 1. The summed E-state index contributed by atoms with van der Waals surface area (Å²) in [7, 11) is 0. The minimum Gasteiger partial charge on any atom is -0.507 e. The maximum Gasteiger partial charge on any atom is 0.431 e. The molecule has 1 aliphatic rings. The Balaban J connectivity index is 2.53. The van der Waals surface area contributed by atoms with Gasteiger partial charge in [-0.2, -0.15) is 23.3 Å². The Morgan fingerprint density at radius 1 is 1.26 bits per heavy atom. The van der Waals surface area contributed by atoms with Crippen LogP contribution in [0.5, 0.6) is 5.75 Å². The summed E-state index contributed by atoms with van der Waals surface area (Å²) in [4.78, 5) is 12.5. The Morgan fingerprint density at radius 3 is 2.30 bits per heavy atom. The third kappa shape index (κ3) is 2.90. The van der Waals surface area contributed by atoms with Crippen molar-refractivity contribution in [2.75, 3.05) is 0 Å². The van der Waals surface area contributed by atoms with Crippen LogP contribution in [-0.2, 0) is 0 Å². The number of phenols is 1. The molecule has 23 heavy (non-hydrogen) atoms. The van der Waals surface area contributed by atoms with Gasteiger partial charge >= 0.3 is 6.18 Å². The molecule has 2 rings (SSSR count). The van der Waals surface area contributed by atoms with Gasteiger partial charge in [-0.1, -0.05) is 32.9 Å². The fourth-order valence-electron chi connectivity index (χ4n) is 2.27. The summed E-state index contributed by atoms with van der Waals surface area (Å²) >= 11 is 0. The molecule has 1 aromatic rings. The van der Waals surface area contributed by atoms with Crippen LogP contribution in [0.1, 0.15) is 37.6 Å². The molecule has 0 saturated carbocycles. The predicted molar refractivity (Wildman–Crippen MR) is 76.8 cm³/mol. The Hall–Kier alpha value is -2.09. The van der Waals surface area contributed by atoms with Crippen LogP contribution in [0.4, 0.5) is 13.2 Å². The number of hydrazone groups is 1. The topological polar surface area (TPSA) is 73.1 Å². The molecule has 0 saturated heterocycles. The summed E-state index contributed by atoms with van der Waals surface area (Å²) in [6.07, 6.45) is -5.59. The molecule has 0 unspecified atom stereocenters. The van der Waals surface area contributed by atoms with E-state index in [1.807, 2.05) is 0 Å². The van der Waals surface area contributed by atoms with Gasteiger partial charge in [0, 0.05) is 11.8 Å². The number of para-hydroxylation sites is 1. The first kappa shape index (κ1) is 17.3. The number of alkyl halides is 3. The van der Waals surface area contributed by atoms with Gasteiger partial charge in [0.05, 0.1) is 5.56 Å². The van der Waals surface area contributed by atoms with E-state index in [1.165, 1.54) is 45.0 Å². The number of nitrogens with zero attached hydrogens (tertiary/aromatic N) is 2. The van der Waals surface area contributed by atoms with Gasteiger partial charge in [0.25, 0.3) is 5.91 Å². The van der Waals surface area contributed by atoms with Crippen molar-refractivity contribution in [3.8, 4) is 5.75 Å². The van der Waals surface area contributed by atoms with E-state index in [1.54, 1.807) is 0 Å². The second-order valence-electron chi connectivity index (χ2n) is 6.42. The van der Waals surface area contributed by atoms with Gasteiger partial charge in [0.2, 0.25) is 0 Å². The molecule has 0 bridgehead atoms. The number of hydrogen-bond acceptors (Lipinski definition) is 4. The lowest BCUT2D eigenvalue weighted by molar-refractivity contribution is -0.144. The molecule has 0 fully saturated rings. The van der Waals surface area contributed by atoms with Crippen molar-refractivity contribution in [3.63, 3.8) is 0 Å². The maximum atomic E-state index is 13.0. The number of aromatic hydroxyl groups is 1. The lowest BCUT2D eigenvalue weighted by Crippen LogP contribution is -2.55. The molecule has 1 aliphatic heterocycles. The second-order valence-corrected chi connectivity index (χ2v) is 6.42. The number of hydrogen-bond donors (Lipinski definition) is 2. The normalized spacial score (nSPS) is 22.2. The van der Waals surface area contributed by atoms with E-state index in [-0.39, 0.29) is 5.56 Å². The van der Waals surface area contributed by atoms with Crippen LogP contribution in [0.3, 0.4) is 0 Å². The first-order chi connectivity index (χ1) is 10.4. The summed E-state index contributed by atoms with van der Waals surface area (Å²) in [5, 5.41) is 24.2. The lowest BCUT2D eigenvalue weighted by atomic mass is 9.80. The van der Waals surface area contributed by atoms with Crippen molar-refractivity contribution in [1.82, 2.24) is 5.01 Å². The second kappa shape index (κ2) is 5.23. The minimum absolute atomic E-state index is 0.234. The molecular weight excluding hydrogens is 313 g/mol. The van der Waals surface area contributed by atoms with Crippen LogP contribution in [0, 0.1) is 5.41 Å². The van der Waals surface area contributed by atoms with Crippen LogP contribution in [0.15, 0.2) is 29.4 Å². The molecule has 8 heteroatoms. The SMILES string of the molecule is CC(C)(C)[C@]1(O)CC(C(F)(F)F)=NN1C(=O)c1ccccc1O. The average molecular weight is 330 g/mol. The average Bonchev–Trinajstić information content (AvgIpc) is 2.77. The van der Waals surface area contributed by atoms with Crippen LogP contribution in [0.25, 0.3) is 0 Å². The summed E-state index contributed by atoms with van der Waals surface area (Å²) in [5.74, 6) is -1.40. The molecular formula is C15H17F3N2O3. The van der Waals surface area contributed by atoms with Gasteiger partial charge in [0.1, 0.15) is 11.5 Å². The van der Waals surface area contributed by atoms with Crippen molar-refractivity contribution in [2.45, 2.75) is 39.1 Å². The monoisotopic (exact) mass is 330 g/mol. The number of carbonyl (C=O) groups is 1. The fraction of sp³-hybridized carbons (Fsp3) is 0.467. The van der Waals surface area contributed by atoms with E-state index < -0.39 is 41.1 Å². The summed E-state index contributed by atoms with van der Waals surface area (Å²) < 4.78 is 38.9. The predicted octanol–water partition coefficient (Wildman–Crippen LogP) is 2.89. The number of halogens is 3. The van der Waals surface area contributed by atoms with Crippen molar-refractivity contribution >= 4 is 11.6 Å². The van der Waals surface area contributed by atoms with Crippen LogP contribution in [-0.4, -0.2) is 38.7 Å². The number of rotatable bonds is 1. The highest BCUT2D eigenvalue weighted by atomic mass is 19.4. The minimum atomic E-state index is -4.76. The standard InChI is InChI=1S/C15H17F3N2O3/c1-13(2,3)14(23)8-11(15(16,17)18)19-20(14)12(22)9-6-4-5-7-10(9)21/h4-7,21,23H,8H2,1-3H3/t14-/m1/s1. The molecule has 0 aromatic heterocycles. The zero-order chi connectivity index (χ0) is 17.6. The zero-order valence-corrected chi connectivity index (χ0v) is 12.8. The van der Waals surface area contributed by atoms with E-state index in [2.05, 4.69) is 5.10 Å². The van der Waals surface area contributed by atoms with E-state index in [4.69, 9.17) is 0 Å². The van der Waals surface area contributed by atoms with Crippen molar-refractivity contribution < 1.29 is 28.2 Å². The highest BCUT2D eigenvalue weighted by molar-refractivity contribution is 6.01. The highest BCUT2D eigenvalue weighted by Crippen LogP contribution is 2.44. The highest BCUT2D eigenvalue weighted by Gasteiger charge is 2.57. The molecule has 126 valence electrons. The van der Waals surface area contributed by atoms with Crippen molar-refractivity contribution in [1.29, 1.82) is 0 Å². The first-order valence-electron chi connectivity index (χ1n) is 6.87. The first-order valence-corrected chi connectivity index (χ1v) is 6.87. The third-order valence-corrected chi connectivity index (χ3v) is 3.84. The van der Waals surface area contributed by atoms with Crippen LogP contribution >= 0.6 is 0 Å². The van der Waals surface area contributed by atoms with Crippen LogP contribution in [0.2, 0.25) is 0 Å². The smallest absolute Gasteiger partial charge is 0.431 e. The molecule has 1 atom stereocenters. The van der Waals surface area contributed by atoms with Gasteiger partial charge in [-0.15, -0.1) is 0 Å². The van der Waals surface area contributed by atoms with E-state index in [0.717, 1.165) is 0 Å². The van der Waals surface area contributed by atoms with Crippen molar-refractivity contribution in [2.24, 2.45) is 10.5 Å². The molecule has 1 heterocycles. The molecule has 5 nitrogen and oxygen atoms in total.